The number of ether oxygens (including phenoxy) is 2. The lowest BCUT2D eigenvalue weighted by Gasteiger charge is -2.33. The molecule has 4 heteroatoms. The maximum Gasteiger partial charge on any atom is 0.169 e. The normalized spacial score (nSPS) is 18.3. The molecule has 0 radical (unpaired) electrons. The first kappa shape index (κ1) is 14.3. The number of benzene rings is 1. The summed E-state index contributed by atoms with van der Waals surface area (Å²) in [6, 6.07) is 5.24. The molecule has 1 N–H and O–H groups in total. The largest absolute Gasteiger partial charge is 0.494 e. The zero-order valence-electron chi connectivity index (χ0n) is 11.7. The van der Waals surface area contributed by atoms with E-state index in [1.165, 1.54) is 7.11 Å². The van der Waals surface area contributed by atoms with Gasteiger partial charge in [-0.05, 0) is 24.3 Å². The number of hydrogen-bond donors (Lipinski definition) is 1. The number of halogens is 1. The minimum Gasteiger partial charge on any atom is -0.494 e. The van der Waals surface area contributed by atoms with Gasteiger partial charge in [0.05, 0.1) is 7.11 Å². The van der Waals surface area contributed by atoms with Gasteiger partial charge < -0.3 is 14.8 Å². The Morgan fingerprint density at radius 2 is 2.11 bits per heavy atom. The summed E-state index contributed by atoms with van der Waals surface area (Å²) in [6.07, 6.45) is 2.11. The molecule has 1 aliphatic rings. The van der Waals surface area contributed by atoms with Gasteiger partial charge in [0.25, 0.3) is 0 Å². The quantitative estimate of drug-likeness (QED) is 0.890. The van der Waals surface area contributed by atoms with Crippen LogP contribution in [0.1, 0.15) is 25.3 Å². The van der Waals surface area contributed by atoms with Crippen molar-refractivity contribution >= 4 is 0 Å². The van der Waals surface area contributed by atoms with Gasteiger partial charge in [-0.1, -0.05) is 19.1 Å². The van der Waals surface area contributed by atoms with Crippen LogP contribution in [-0.2, 0) is 11.3 Å². The van der Waals surface area contributed by atoms with Crippen molar-refractivity contribution in [1.82, 2.24) is 5.32 Å². The molecule has 1 aliphatic heterocycles. The van der Waals surface area contributed by atoms with Gasteiger partial charge in [-0.2, -0.15) is 0 Å². The lowest BCUT2D eigenvalue weighted by Crippen LogP contribution is -2.36. The molecule has 19 heavy (non-hydrogen) atoms. The first-order chi connectivity index (χ1) is 9.14. The van der Waals surface area contributed by atoms with Crippen LogP contribution in [0.4, 0.5) is 4.39 Å². The summed E-state index contributed by atoms with van der Waals surface area (Å²) in [4.78, 5) is 0. The molecule has 1 aromatic rings. The molecule has 1 heterocycles. The Hall–Kier alpha value is -1.13. The monoisotopic (exact) mass is 267 g/mol. The summed E-state index contributed by atoms with van der Waals surface area (Å²) in [5.74, 6) is 0.0335. The molecule has 0 unspecified atom stereocenters. The molecule has 2 rings (SSSR count). The van der Waals surface area contributed by atoms with E-state index < -0.39 is 0 Å². The minimum atomic E-state index is -0.269. The minimum absolute atomic E-state index is 0.258. The van der Waals surface area contributed by atoms with E-state index in [9.17, 15) is 4.39 Å². The van der Waals surface area contributed by atoms with E-state index >= 15 is 0 Å². The second-order valence-electron chi connectivity index (χ2n) is 5.46. The third-order valence-electron chi connectivity index (χ3n) is 3.83. The first-order valence-corrected chi connectivity index (χ1v) is 6.74. The van der Waals surface area contributed by atoms with Gasteiger partial charge >= 0.3 is 0 Å². The molecular formula is C15H22FNO2. The fourth-order valence-corrected chi connectivity index (χ4v) is 2.39. The Kier molecular flexibility index (Phi) is 4.77. The molecule has 0 aromatic heterocycles. The molecule has 0 amide bonds. The topological polar surface area (TPSA) is 30.5 Å². The Bertz CT molecular complexity index is 417. The Morgan fingerprint density at radius 1 is 1.37 bits per heavy atom. The third-order valence-corrected chi connectivity index (χ3v) is 3.83. The molecular weight excluding hydrogens is 245 g/mol. The van der Waals surface area contributed by atoms with Crippen molar-refractivity contribution in [3.05, 3.63) is 29.6 Å². The van der Waals surface area contributed by atoms with Crippen LogP contribution in [-0.4, -0.2) is 26.9 Å². The smallest absolute Gasteiger partial charge is 0.169 e. The van der Waals surface area contributed by atoms with Gasteiger partial charge in [-0.15, -0.1) is 0 Å². The molecule has 106 valence electrons. The molecule has 0 saturated carbocycles. The van der Waals surface area contributed by atoms with Crippen LogP contribution in [0, 0.1) is 11.2 Å². The van der Waals surface area contributed by atoms with Crippen LogP contribution in [0.25, 0.3) is 0 Å². The summed E-state index contributed by atoms with van der Waals surface area (Å²) < 4.78 is 24.3. The number of rotatable bonds is 5. The molecule has 3 nitrogen and oxygen atoms in total. The van der Waals surface area contributed by atoms with Gasteiger partial charge in [0.15, 0.2) is 11.6 Å². The van der Waals surface area contributed by atoms with Gasteiger partial charge in [0.1, 0.15) is 0 Å². The van der Waals surface area contributed by atoms with Crippen LogP contribution in [0.15, 0.2) is 18.2 Å². The van der Waals surface area contributed by atoms with Crippen LogP contribution >= 0.6 is 0 Å². The molecule has 0 atom stereocenters. The van der Waals surface area contributed by atoms with Crippen molar-refractivity contribution < 1.29 is 13.9 Å². The van der Waals surface area contributed by atoms with E-state index in [0.717, 1.165) is 32.6 Å². The SMILES string of the molecule is COc1cccc(CNCC2(C)CCOCC2)c1F. The summed E-state index contributed by atoms with van der Waals surface area (Å²) in [6.45, 7) is 5.31. The van der Waals surface area contributed by atoms with Crippen molar-refractivity contribution in [3.8, 4) is 5.75 Å². The van der Waals surface area contributed by atoms with Crippen molar-refractivity contribution in [1.29, 1.82) is 0 Å². The number of hydrogen-bond acceptors (Lipinski definition) is 3. The van der Waals surface area contributed by atoms with Gasteiger partial charge in [0, 0.05) is 31.9 Å². The lowest BCUT2D eigenvalue weighted by atomic mass is 9.82. The maximum absolute atomic E-state index is 13.9. The van der Waals surface area contributed by atoms with Gasteiger partial charge in [-0.3, -0.25) is 0 Å². The maximum atomic E-state index is 13.9. The third kappa shape index (κ3) is 3.67. The highest BCUT2D eigenvalue weighted by atomic mass is 19.1. The summed E-state index contributed by atoms with van der Waals surface area (Å²) in [5.41, 5.74) is 0.906. The summed E-state index contributed by atoms with van der Waals surface area (Å²) >= 11 is 0. The van der Waals surface area contributed by atoms with Gasteiger partial charge in [0.2, 0.25) is 0 Å². The van der Waals surface area contributed by atoms with Crippen molar-refractivity contribution in [3.63, 3.8) is 0 Å². The second-order valence-corrected chi connectivity index (χ2v) is 5.46. The summed E-state index contributed by atoms with van der Waals surface area (Å²) in [5, 5.41) is 3.35. The highest BCUT2D eigenvalue weighted by Crippen LogP contribution is 2.29. The molecule has 0 bridgehead atoms. The summed E-state index contributed by atoms with van der Waals surface area (Å²) in [7, 11) is 1.48. The average Bonchev–Trinajstić information content (AvgIpc) is 2.41. The fraction of sp³-hybridized carbons (Fsp3) is 0.600. The van der Waals surface area contributed by atoms with E-state index in [4.69, 9.17) is 9.47 Å². The second kappa shape index (κ2) is 6.35. The average molecular weight is 267 g/mol. The highest BCUT2D eigenvalue weighted by Gasteiger charge is 2.26. The van der Waals surface area contributed by atoms with Crippen LogP contribution in [0.3, 0.4) is 0 Å². The highest BCUT2D eigenvalue weighted by molar-refractivity contribution is 5.30. The Morgan fingerprint density at radius 3 is 2.79 bits per heavy atom. The van der Waals surface area contributed by atoms with E-state index in [1.54, 1.807) is 12.1 Å². The van der Waals surface area contributed by atoms with E-state index in [0.29, 0.717) is 17.9 Å². The fourth-order valence-electron chi connectivity index (χ4n) is 2.39. The zero-order valence-corrected chi connectivity index (χ0v) is 11.7. The molecule has 1 fully saturated rings. The predicted molar refractivity (Wildman–Crippen MR) is 72.8 cm³/mol. The van der Waals surface area contributed by atoms with Crippen LogP contribution in [0.5, 0.6) is 5.75 Å². The number of methoxy groups -OCH3 is 1. The molecule has 1 saturated heterocycles. The van der Waals surface area contributed by atoms with Gasteiger partial charge in [-0.25, -0.2) is 4.39 Å². The standard InChI is InChI=1S/C15H22FNO2/c1-15(6-8-19-9-7-15)11-17-10-12-4-3-5-13(18-2)14(12)16/h3-5,17H,6-11H2,1-2H3. The van der Waals surface area contributed by atoms with E-state index in [2.05, 4.69) is 12.2 Å². The van der Waals surface area contributed by atoms with Crippen LogP contribution in [0.2, 0.25) is 0 Å². The predicted octanol–water partition coefficient (Wildman–Crippen LogP) is 2.74. The van der Waals surface area contributed by atoms with Crippen molar-refractivity contribution in [2.24, 2.45) is 5.41 Å². The first-order valence-electron chi connectivity index (χ1n) is 6.74. The van der Waals surface area contributed by atoms with Crippen molar-refractivity contribution in [2.75, 3.05) is 26.9 Å². The zero-order chi connectivity index (χ0) is 13.7. The molecule has 0 spiro atoms. The molecule has 1 aromatic carbocycles. The van der Waals surface area contributed by atoms with E-state index in [1.807, 2.05) is 6.07 Å². The number of nitrogens with one attached hydrogen (secondary N) is 1. The Balaban J connectivity index is 1.88. The Labute approximate surface area is 114 Å². The van der Waals surface area contributed by atoms with Crippen LogP contribution < -0.4 is 10.1 Å². The lowest BCUT2D eigenvalue weighted by molar-refractivity contribution is 0.0239. The van der Waals surface area contributed by atoms with E-state index in [-0.39, 0.29) is 11.2 Å². The van der Waals surface area contributed by atoms with Crippen molar-refractivity contribution in [2.45, 2.75) is 26.3 Å². The molecule has 0 aliphatic carbocycles.